The molecule has 4 aliphatic rings. The second-order valence-electron chi connectivity index (χ2n) is 8.91. The number of nitrogens with zero attached hydrogens (tertiary/aromatic N) is 3. The van der Waals surface area contributed by atoms with E-state index in [1.165, 1.54) is 24.2 Å². The summed E-state index contributed by atoms with van der Waals surface area (Å²) in [6, 6.07) is 0.226. The fraction of sp³-hybridized carbons (Fsp3) is 0.810. The van der Waals surface area contributed by atoms with Crippen LogP contribution >= 0.6 is 0 Å². The van der Waals surface area contributed by atoms with Crippen molar-refractivity contribution in [3.05, 3.63) is 0 Å². The average Bonchev–Trinajstić information content (AvgIpc) is 2.99. The van der Waals surface area contributed by atoms with Crippen molar-refractivity contribution < 1.29 is 19.2 Å². The van der Waals surface area contributed by atoms with Crippen molar-refractivity contribution >= 4 is 23.8 Å². The maximum Gasteiger partial charge on any atom is 0.317 e. The van der Waals surface area contributed by atoms with E-state index in [0.717, 1.165) is 38.5 Å². The standard InChI is InChI=1S/C21H32N4O4/c26-18(14-25-19(27)16-8-4-5-9-17(16)20(25)28)23-10-12-24(13-11-23)21(29)22-15-6-2-1-3-7-15/h15-17H,1-14H2,(H,22,29). The number of carbonyl (C=O) groups is 4. The summed E-state index contributed by atoms with van der Waals surface area (Å²) in [7, 11) is 0. The predicted octanol–water partition coefficient (Wildman–Crippen LogP) is 1.35. The number of hydrogen-bond acceptors (Lipinski definition) is 4. The number of carbonyl (C=O) groups excluding carboxylic acids is 4. The molecular weight excluding hydrogens is 372 g/mol. The maximum absolute atomic E-state index is 12.7. The number of likely N-dealkylation sites (tertiary alicyclic amines) is 1. The molecule has 160 valence electrons. The summed E-state index contributed by atoms with van der Waals surface area (Å²) in [6.07, 6.45) is 9.15. The number of nitrogens with one attached hydrogen (secondary N) is 1. The van der Waals surface area contributed by atoms with Gasteiger partial charge in [0.1, 0.15) is 6.54 Å². The molecule has 0 spiro atoms. The van der Waals surface area contributed by atoms with Crippen LogP contribution in [0.3, 0.4) is 0 Å². The van der Waals surface area contributed by atoms with Gasteiger partial charge >= 0.3 is 6.03 Å². The number of piperazine rings is 1. The smallest absolute Gasteiger partial charge is 0.317 e. The Hall–Kier alpha value is -2.12. The summed E-state index contributed by atoms with van der Waals surface area (Å²) < 4.78 is 0. The van der Waals surface area contributed by atoms with Crippen LogP contribution in [-0.2, 0) is 14.4 Å². The quantitative estimate of drug-likeness (QED) is 0.719. The van der Waals surface area contributed by atoms with Gasteiger partial charge < -0.3 is 15.1 Å². The SMILES string of the molecule is O=C(CN1C(=O)C2CCCCC2C1=O)N1CCN(C(=O)NC2CCCCC2)CC1. The summed E-state index contributed by atoms with van der Waals surface area (Å²) >= 11 is 0. The fourth-order valence-electron chi connectivity index (χ4n) is 5.29. The van der Waals surface area contributed by atoms with Crippen molar-refractivity contribution in [1.82, 2.24) is 20.0 Å². The minimum atomic E-state index is -0.218. The van der Waals surface area contributed by atoms with Crippen molar-refractivity contribution in [2.75, 3.05) is 32.7 Å². The average molecular weight is 405 g/mol. The van der Waals surface area contributed by atoms with Gasteiger partial charge in [0.2, 0.25) is 17.7 Å². The molecule has 0 aromatic heterocycles. The van der Waals surface area contributed by atoms with Crippen molar-refractivity contribution in [3.63, 3.8) is 0 Å². The molecule has 5 amide bonds. The lowest BCUT2D eigenvalue weighted by atomic mass is 9.81. The largest absolute Gasteiger partial charge is 0.338 e. The van der Waals surface area contributed by atoms with E-state index in [-0.39, 0.29) is 48.2 Å². The highest BCUT2D eigenvalue weighted by atomic mass is 16.2. The minimum Gasteiger partial charge on any atom is -0.338 e. The number of rotatable bonds is 3. The van der Waals surface area contributed by atoms with E-state index >= 15 is 0 Å². The monoisotopic (exact) mass is 404 g/mol. The number of urea groups is 1. The first-order chi connectivity index (χ1) is 14.0. The van der Waals surface area contributed by atoms with Crippen molar-refractivity contribution in [2.45, 2.75) is 63.8 Å². The summed E-state index contributed by atoms with van der Waals surface area (Å²) in [5.74, 6) is -0.969. The van der Waals surface area contributed by atoms with Crippen LogP contribution < -0.4 is 5.32 Å². The molecule has 2 unspecified atom stereocenters. The summed E-state index contributed by atoms with van der Waals surface area (Å²) in [6.45, 7) is 1.70. The first-order valence-corrected chi connectivity index (χ1v) is 11.2. The molecule has 2 saturated heterocycles. The molecule has 2 aliphatic heterocycles. The third-order valence-electron chi connectivity index (χ3n) is 7.08. The first-order valence-electron chi connectivity index (χ1n) is 11.2. The Morgan fingerprint density at radius 3 is 1.86 bits per heavy atom. The Balaban J connectivity index is 1.25. The van der Waals surface area contributed by atoms with Gasteiger partial charge in [0.15, 0.2) is 0 Å². The van der Waals surface area contributed by atoms with Crippen molar-refractivity contribution in [3.8, 4) is 0 Å². The van der Waals surface area contributed by atoms with Gasteiger partial charge in [0, 0.05) is 32.2 Å². The molecule has 2 heterocycles. The number of imide groups is 1. The lowest BCUT2D eigenvalue weighted by molar-refractivity contribution is -0.147. The zero-order valence-electron chi connectivity index (χ0n) is 17.1. The van der Waals surface area contributed by atoms with Crippen LogP contribution in [0.15, 0.2) is 0 Å². The summed E-state index contributed by atoms with van der Waals surface area (Å²) in [5, 5.41) is 3.12. The van der Waals surface area contributed by atoms with Crippen LogP contribution in [0, 0.1) is 11.8 Å². The molecule has 8 heteroatoms. The summed E-state index contributed by atoms with van der Waals surface area (Å²) in [5.41, 5.74) is 0. The normalized spacial score (nSPS) is 28.5. The van der Waals surface area contributed by atoms with Gasteiger partial charge in [0.25, 0.3) is 0 Å². The lowest BCUT2D eigenvalue weighted by Gasteiger charge is -2.36. The van der Waals surface area contributed by atoms with E-state index in [1.54, 1.807) is 9.80 Å². The van der Waals surface area contributed by atoms with E-state index in [9.17, 15) is 19.2 Å². The van der Waals surface area contributed by atoms with Gasteiger partial charge in [-0.25, -0.2) is 4.79 Å². The molecule has 0 aromatic carbocycles. The van der Waals surface area contributed by atoms with Crippen LogP contribution in [0.4, 0.5) is 4.79 Å². The maximum atomic E-state index is 12.7. The van der Waals surface area contributed by atoms with Gasteiger partial charge in [-0.2, -0.15) is 0 Å². The molecule has 0 bridgehead atoms. The van der Waals surface area contributed by atoms with Gasteiger partial charge in [-0.3, -0.25) is 19.3 Å². The molecule has 4 fully saturated rings. The summed E-state index contributed by atoms with van der Waals surface area (Å²) in [4.78, 5) is 54.9. The van der Waals surface area contributed by atoms with Crippen LogP contribution in [0.25, 0.3) is 0 Å². The third-order valence-corrected chi connectivity index (χ3v) is 7.08. The van der Waals surface area contributed by atoms with Gasteiger partial charge in [-0.1, -0.05) is 32.1 Å². The second kappa shape index (κ2) is 8.71. The zero-order chi connectivity index (χ0) is 20.4. The molecule has 0 radical (unpaired) electrons. The Morgan fingerprint density at radius 1 is 0.759 bits per heavy atom. The Labute approximate surface area is 171 Å². The molecule has 29 heavy (non-hydrogen) atoms. The van der Waals surface area contributed by atoms with Gasteiger partial charge in [0.05, 0.1) is 11.8 Å². The molecule has 2 atom stereocenters. The highest BCUT2D eigenvalue weighted by Crippen LogP contribution is 2.37. The Morgan fingerprint density at radius 2 is 1.28 bits per heavy atom. The number of fused-ring (bicyclic) bond motifs is 1. The molecule has 2 aliphatic carbocycles. The predicted molar refractivity (Wildman–Crippen MR) is 106 cm³/mol. The highest BCUT2D eigenvalue weighted by molar-refractivity contribution is 6.07. The van der Waals surface area contributed by atoms with Crippen LogP contribution in [-0.4, -0.2) is 77.2 Å². The molecule has 8 nitrogen and oxygen atoms in total. The number of amides is 5. The topological polar surface area (TPSA) is 90.0 Å². The Kier molecular flexibility index (Phi) is 6.06. The molecule has 0 aromatic rings. The first kappa shape index (κ1) is 20.2. The fourth-order valence-corrected chi connectivity index (χ4v) is 5.29. The van der Waals surface area contributed by atoms with E-state index in [0.29, 0.717) is 26.2 Å². The molecular formula is C21H32N4O4. The van der Waals surface area contributed by atoms with Crippen LogP contribution in [0.5, 0.6) is 0 Å². The minimum absolute atomic E-state index is 0.0435. The number of hydrogen-bond donors (Lipinski definition) is 1. The van der Waals surface area contributed by atoms with Gasteiger partial charge in [-0.05, 0) is 25.7 Å². The molecule has 2 saturated carbocycles. The Bertz CT molecular complexity index is 644. The van der Waals surface area contributed by atoms with E-state index in [4.69, 9.17) is 0 Å². The third kappa shape index (κ3) is 4.26. The van der Waals surface area contributed by atoms with E-state index < -0.39 is 0 Å². The van der Waals surface area contributed by atoms with E-state index in [1.807, 2.05) is 0 Å². The van der Waals surface area contributed by atoms with Crippen molar-refractivity contribution in [2.24, 2.45) is 11.8 Å². The highest BCUT2D eigenvalue weighted by Gasteiger charge is 2.48. The van der Waals surface area contributed by atoms with Crippen LogP contribution in [0.2, 0.25) is 0 Å². The molecule has 1 N–H and O–H groups in total. The van der Waals surface area contributed by atoms with Crippen LogP contribution in [0.1, 0.15) is 57.8 Å². The van der Waals surface area contributed by atoms with Crippen molar-refractivity contribution in [1.29, 1.82) is 0 Å². The second-order valence-corrected chi connectivity index (χ2v) is 8.91. The lowest BCUT2D eigenvalue weighted by Crippen LogP contribution is -2.56. The van der Waals surface area contributed by atoms with E-state index in [2.05, 4.69) is 5.32 Å². The van der Waals surface area contributed by atoms with Gasteiger partial charge in [-0.15, -0.1) is 0 Å². The zero-order valence-corrected chi connectivity index (χ0v) is 17.1. The molecule has 4 rings (SSSR count).